The highest BCUT2D eigenvalue weighted by atomic mass is 16.6. The van der Waals surface area contributed by atoms with E-state index in [1.54, 1.807) is 0 Å². The molecule has 0 aromatic heterocycles. The van der Waals surface area contributed by atoms with E-state index in [2.05, 4.69) is 5.32 Å². The summed E-state index contributed by atoms with van der Waals surface area (Å²) in [6.07, 6.45) is 3.64. The van der Waals surface area contributed by atoms with Crippen molar-refractivity contribution >= 4 is 6.09 Å². The van der Waals surface area contributed by atoms with Crippen LogP contribution in [0.25, 0.3) is 0 Å². The van der Waals surface area contributed by atoms with Crippen LogP contribution in [0.3, 0.4) is 0 Å². The number of nitrogens with one attached hydrogen (secondary N) is 1. The minimum atomic E-state index is -0.198. The molecule has 3 heteroatoms. The maximum absolute atomic E-state index is 10.9. The van der Waals surface area contributed by atoms with Crippen molar-refractivity contribution in [3.63, 3.8) is 0 Å². The molecule has 1 aliphatic heterocycles. The van der Waals surface area contributed by atoms with E-state index in [0.29, 0.717) is 12.0 Å². The van der Waals surface area contributed by atoms with E-state index in [1.165, 1.54) is 12.8 Å². The maximum Gasteiger partial charge on any atom is 0.407 e. The highest BCUT2D eigenvalue weighted by Gasteiger charge is 2.51. The topological polar surface area (TPSA) is 38.3 Å². The summed E-state index contributed by atoms with van der Waals surface area (Å²) >= 11 is 0. The molecule has 1 amide bonds. The number of carbonyl (C=O) groups excluding carboxylic acids is 1. The van der Waals surface area contributed by atoms with Crippen molar-refractivity contribution in [3.05, 3.63) is 0 Å². The van der Waals surface area contributed by atoms with Gasteiger partial charge in [-0.05, 0) is 25.2 Å². The number of fused-ring (bicyclic) bond motifs is 1. The number of hydrogen-bond acceptors (Lipinski definition) is 2. The SMILES string of the molecule is O=C1N[C@H]2C[C@@H]3C[C@H]2[C@@H](C3)O1. The summed E-state index contributed by atoms with van der Waals surface area (Å²) in [5, 5.41) is 2.88. The zero-order valence-electron chi connectivity index (χ0n) is 6.25. The molecule has 3 rings (SSSR count). The second kappa shape index (κ2) is 1.71. The number of ether oxygens (including phenoxy) is 1. The van der Waals surface area contributed by atoms with Gasteiger partial charge in [-0.2, -0.15) is 0 Å². The monoisotopic (exact) mass is 153 g/mol. The molecule has 0 unspecified atom stereocenters. The largest absolute Gasteiger partial charge is 0.446 e. The van der Waals surface area contributed by atoms with E-state index < -0.39 is 0 Å². The van der Waals surface area contributed by atoms with Crippen LogP contribution in [0.1, 0.15) is 19.3 Å². The summed E-state index contributed by atoms with van der Waals surface area (Å²) in [6, 6.07) is 0.444. The molecule has 1 heterocycles. The first-order valence-electron chi connectivity index (χ1n) is 4.30. The molecule has 1 saturated heterocycles. The third kappa shape index (κ3) is 0.659. The molecule has 0 spiro atoms. The molecule has 3 aliphatic rings. The highest BCUT2D eigenvalue weighted by molar-refractivity contribution is 5.69. The van der Waals surface area contributed by atoms with Crippen LogP contribution < -0.4 is 5.32 Å². The van der Waals surface area contributed by atoms with Gasteiger partial charge < -0.3 is 10.1 Å². The predicted molar refractivity (Wildman–Crippen MR) is 38.0 cm³/mol. The van der Waals surface area contributed by atoms with Crippen molar-refractivity contribution in [2.24, 2.45) is 11.8 Å². The van der Waals surface area contributed by atoms with Gasteiger partial charge in [0.15, 0.2) is 0 Å². The normalized spacial score (nSPS) is 52.2. The number of rotatable bonds is 0. The molecule has 3 nitrogen and oxygen atoms in total. The van der Waals surface area contributed by atoms with Crippen molar-refractivity contribution in [3.8, 4) is 0 Å². The Hall–Kier alpha value is -0.730. The Kier molecular flexibility index (Phi) is 0.910. The van der Waals surface area contributed by atoms with Gasteiger partial charge in [0.25, 0.3) is 0 Å². The van der Waals surface area contributed by atoms with Crippen molar-refractivity contribution in [2.75, 3.05) is 0 Å². The molecule has 0 aromatic carbocycles. The highest BCUT2D eigenvalue weighted by Crippen LogP contribution is 2.47. The summed E-state index contributed by atoms with van der Waals surface area (Å²) < 4.78 is 5.16. The average Bonchev–Trinajstić information content (AvgIpc) is 2.41. The van der Waals surface area contributed by atoms with E-state index in [9.17, 15) is 4.79 Å². The summed E-state index contributed by atoms with van der Waals surface area (Å²) in [5.74, 6) is 1.47. The Morgan fingerprint density at radius 2 is 2.27 bits per heavy atom. The fourth-order valence-corrected chi connectivity index (χ4v) is 2.91. The Labute approximate surface area is 65.1 Å². The van der Waals surface area contributed by atoms with Crippen molar-refractivity contribution in [2.45, 2.75) is 31.4 Å². The van der Waals surface area contributed by atoms with Crippen LogP contribution in [0.5, 0.6) is 0 Å². The molecule has 0 radical (unpaired) electrons. The Morgan fingerprint density at radius 3 is 3.00 bits per heavy atom. The maximum atomic E-state index is 10.9. The van der Waals surface area contributed by atoms with E-state index in [0.717, 1.165) is 12.3 Å². The van der Waals surface area contributed by atoms with Gasteiger partial charge in [-0.1, -0.05) is 0 Å². The predicted octanol–water partition coefficient (Wildman–Crippen LogP) is 0.893. The third-order valence-electron chi connectivity index (χ3n) is 3.31. The molecule has 2 aliphatic carbocycles. The number of hydrogen-bond donors (Lipinski definition) is 1. The van der Waals surface area contributed by atoms with E-state index in [-0.39, 0.29) is 12.2 Å². The zero-order chi connectivity index (χ0) is 7.42. The first-order valence-corrected chi connectivity index (χ1v) is 4.30. The van der Waals surface area contributed by atoms with Gasteiger partial charge in [0.1, 0.15) is 6.10 Å². The summed E-state index contributed by atoms with van der Waals surface area (Å²) in [4.78, 5) is 10.9. The minimum Gasteiger partial charge on any atom is -0.446 e. The van der Waals surface area contributed by atoms with Crippen molar-refractivity contribution in [1.29, 1.82) is 0 Å². The quantitative estimate of drug-likeness (QED) is 0.561. The van der Waals surface area contributed by atoms with Gasteiger partial charge in [-0.25, -0.2) is 4.79 Å². The lowest BCUT2D eigenvalue weighted by Crippen LogP contribution is -2.51. The van der Waals surface area contributed by atoms with Gasteiger partial charge in [-0.3, -0.25) is 0 Å². The smallest absolute Gasteiger partial charge is 0.407 e. The van der Waals surface area contributed by atoms with Crippen LogP contribution in [0.15, 0.2) is 0 Å². The van der Waals surface area contributed by atoms with E-state index >= 15 is 0 Å². The fraction of sp³-hybridized carbons (Fsp3) is 0.875. The van der Waals surface area contributed by atoms with Crippen LogP contribution >= 0.6 is 0 Å². The molecule has 2 saturated carbocycles. The molecule has 11 heavy (non-hydrogen) atoms. The molecule has 2 bridgehead atoms. The minimum absolute atomic E-state index is 0.198. The lowest BCUT2D eigenvalue weighted by Gasteiger charge is -2.34. The number of carbonyl (C=O) groups is 1. The van der Waals surface area contributed by atoms with Crippen molar-refractivity contribution in [1.82, 2.24) is 5.32 Å². The Balaban J connectivity index is 1.92. The zero-order valence-corrected chi connectivity index (χ0v) is 6.25. The molecular weight excluding hydrogens is 142 g/mol. The summed E-state index contributed by atoms with van der Waals surface area (Å²) in [5.41, 5.74) is 0. The van der Waals surface area contributed by atoms with Gasteiger partial charge >= 0.3 is 6.09 Å². The van der Waals surface area contributed by atoms with Crippen LogP contribution in [0.2, 0.25) is 0 Å². The van der Waals surface area contributed by atoms with Crippen LogP contribution in [0, 0.1) is 11.8 Å². The van der Waals surface area contributed by atoms with Gasteiger partial charge in [-0.15, -0.1) is 0 Å². The second-order valence-corrected chi connectivity index (χ2v) is 3.93. The molecule has 60 valence electrons. The van der Waals surface area contributed by atoms with E-state index in [1.807, 2.05) is 0 Å². The molecule has 3 fully saturated rings. The van der Waals surface area contributed by atoms with Crippen LogP contribution in [-0.2, 0) is 4.74 Å². The Morgan fingerprint density at radius 1 is 1.36 bits per heavy atom. The molecule has 4 atom stereocenters. The fourth-order valence-electron chi connectivity index (χ4n) is 2.91. The van der Waals surface area contributed by atoms with Crippen molar-refractivity contribution < 1.29 is 9.53 Å². The molecular formula is C8H11NO2. The first kappa shape index (κ1) is 5.86. The Bertz CT molecular complexity index is 198. The van der Waals surface area contributed by atoms with E-state index in [4.69, 9.17) is 4.74 Å². The molecule has 1 N–H and O–H groups in total. The van der Waals surface area contributed by atoms with Crippen LogP contribution in [-0.4, -0.2) is 18.2 Å². The lowest BCUT2D eigenvalue weighted by molar-refractivity contribution is 0.0217. The lowest BCUT2D eigenvalue weighted by atomic mass is 9.92. The number of amides is 1. The first-order chi connectivity index (χ1) is 5.33. The van der Waals surface area contributed by atoms with Crippen LogP contribution in [0.4, 0.5) is 4.79 Å². The van der Waals surface area contributed by atoms with Gasteiger partial charge in [0.05, 0.1) is 0 Å². The molecule has 0 aromatic rings. The van der Waals surface area contributed by atoms with Gasteiger partial charge in [0.2, 0.25) is 0 Å². The second-order valence-electron chi connectivity index (χ2n) is 3.93. The van der Waals surface area contributed by atoms with Gasteiger partial charge in [0, 0.05) is 12.0 Å². The third-order valence-corrected chi connectivity index (χ3v) is 3.31. The summed E-state index contributed by atoms with van der Waals surface area (Å²) in [6.45, 7) is 0. The standard InChI is InChI=1S/C8H11NO2/c10-8-9-6-2-4-1-5(6)7(3-4)11-8/h4-7H,1-3H2,(H,9,10)/t4-,5+,6-,7+/m0/s1. The average molecular weight is 153 g/mol. The number of alkyl carbamates (subject to hydrolysis) is 1. The summed E-state index contributed by atoms with van der Waals surface area (Å²) in [7, 11) is 0.